The SMILES string of the molecule is COc1ccc2[nH]cc(C3CCN(C(=O)C(C)Sc4ccccc4)CC3)c2c1. The number of benzene rings is 2. The molecule has 1 atom stereocenters. The predicted molar refractivity (Wildman–Crippen MR) is 115 cm³/mol. The maximum absolute atomic E-state index is 12.9. The number of nitrogens with zero attached hydrogens (tertiary/aromatic N) is 1. The minimum Gasteiger partial charge on any atom is -0.497 e. The lowest BCUT2D eigenvalue weighted by molar-refractivity contribution is -0.131. The smallest absolute Gasteiger partial charge is 0.235 e. The summed E-state index contributed by atoms with van der Waals surface area (Å²) in [6.45, 7) is 3.65. The average molecular weight is 395 g/mol. The van der Waals surface area contributed by atoms with Gasteiger partial charge in [-0.15, -0.1) is 11.8 Å². The first-order chi connectivity index (χ1) is 13.7. The number of piperidine rings is 1. The van der Waals surface area contributed by atoms with Crippen molar-refractivity contribution in [2.75, 3.05) is 20.2 Å². The van der Waals surface area contributed by atoms with Crippen molar-refractivity contribution in [3.63, 3.8) is 0 Å². The number of carbonyl (C=O) groups is 1. The van der Waals surface area contributed by atoms with E-state index in [1.165, 1.54) is 10.9 Å². The standard InChI is InChI=1S/C23H26N2O2S/c1-16(28-19-6-4-3-5-7-19)23(26)25-12-10-17(11-13-25)21-15-24-22-9-8-18(27-2)14-20(21)22/h3-9,14-17,24H,10-13H2,1-2H3. The maximum atomic E-state index is 12.9. The van der Waals surface area contributed by atoms with Gasteiger partial charge in [0.2, 0.25) is 5.91 Å². The van der Waals surface area contributed by atoms with Crippen LogP contribution in [0.2, 0.25) is 0 Å². The van der Waals surface area contributed by atoms with Crippen LogP contribution >= 0.6 is 11.8 Å². The Labute approximate surface area is 170 Å². The number of likely N-dealkylation sites (tertiary alicyclic amines) is 1. The Hall–Kier alpha value is -2.40. The fourth-order valence-corrected chi connectivity index (χ4v) is 4.98. The number of carbonyl (C=O) groups excluding carboxylic acids is 1. The zero-order valence-electron chi connectivity index (χ0n) is 16.4. The van der Waals surface area contributed by atoms with Gasteiger partial charge in [-0.05, 0) is 61.6 Å². The summed E-state index contributed by atoms with van der Waals surface area (Å²) in [7, 11) is 1.70. The van der Waals surface area contributed by atoms with E-state index in [0.29, 0.717) is 5.92 Å². The molecular weight excluding hydrogens is 368 g/mol. The van der Waals surface area contributed by atoms with Crippen LogP contribution in [0.25, 0.3) is 10.9 Å². The first-order valence-electron chi connectivity index (χ1n) is 9.81. The fourth-order valence-electron chi connectivity index (χ4n) is 4.01. The first-order valence-corrected chi connectivity index (χ1v) is 10.7. The fraction of sp³-hybridized carbons (Fsp3) is 0.348. The van der Waals surface area contributed by atoms with Gasteiger partial charge in [-0.3, -0.25) is 4.79 Å². The van der Waals surface area contributed by atoms with E-state index in [4.69, 9.17) is 4.74 Å². The number of rotatable bonds is 5. The quantitative estimate of drug-likeness (QED) is 0.615. The highest BCUT2D eigenvalue weighted by Crippen LogP contribution is 2.35. The van der Waals surface area contributed by atoms with Crippen LogP contribution in [-0.4, -0.2) is 41.2 Å². The van der Waals surface area contributed by atoms with Gasteiger partial charge in [-0.2, -0.15) is 0 Å². The Morgan fingerprint density at radius 2 is 1.93 bits per heavy atom. The average Bonchev–Trinajstić information content (AvgIpc) is 3.17. The molecule has 1 saturated heterocycles. The Bertz CT molecular complexity index is 946. The Kier molecular flexibility index (Phi) is 5.62. The summed E-state index contributed by atoms with van der Waals surface area (Å²) >= 11 is 1.64. The molecule has 5 heteroatoms. The molecule has 0 aliphatic carbocycles. The van der Waals surface area contributed by atoms with Crippen LogP contribution in [0, 0.1) is 0 Å². The second-order valence-electron chi connectivity index (χ2n) is 7.33. The van der Waals surface area contributed by atoms with E-state index in [1.807, 2.05) is 36.1 Å². The Morgan fingerprint density at radius 1 is 1.18 bits per heavy atom. The highest BCUT2D eigenvalue weighted by atomic mass is 32.2. The summed E-state index contributed by atoms with van der Waals surface area (Å²) in [5.41, 5.74) is 2.48. The minimum absolute atomic E-state index is 0.0590. The molecule has 0 spiro atoms. The number of aromatic nitrogens is 1. The van der Waals surface area contributed by atoms with E-state index in [-0.39, 0.29) is 11.2 Å². The third kappa shape index (κ3) is 3.90. The van der Waals surface area contributed by atoms with Crippen molar-refractivity contribution in [2.45, 2.75) is 35.8 Å². The highest BCUT2D eigenvalue weighted by Gasteiger charge is 2.28. The number of hydrogen-bond donors (Lipinski definition) is 1. The second kappa shape index (κ2) is 8.31. The molecule has 1 aromatic heterocycles. The molecule has 4 rings (SSSR count). The Balaban J connectivity index is 1.40. The van der Waals surface area contributed by atoms with E-state index >= 15 is 0 Å². The summed E-state index contributed by atoms with van der Waals surface area (Å²) in [6.07, 6.45) is 4.12. The molecule has 4 nitrogen and oxygen atoms in total. The van der Waals surface area contributed by atoms with Crippen LogP contribution in [0.15, 0.2) is 59.6 Å². The largest absolute Gasteiger partial charge is 0.497 e. The van der Waals surface area contributed by atoms with Crippen molar-refractivity contribution in [2.24, 2.45) is 0 Å². The molecule has 1 N–H and O–H groups in total. The molecule has 1 unspecified atom stereocenters. The van der Waals surface area contributed by atoms with E-state index < -0.39 is 0 Å². The van der Waals surface area contributed by atoms with Crippen molar-refractivity contribution in [1.29, 1.82) is 0 Å². The van der Waals surface area contributed by atoms with Gasteiger partial charge >= 0.3 is 0 Å². The molecule has 28 heavy (non-hydrogen) atoms. The maximum Gasteiger partial charge on any atom is 0.235 e. The number of H-pyrrole nitrogens is 1. The summed E-state index contributed by atoms with van der Waals surface area (Å²) in [5, 5.41) is 1.17. The monoisotopic (exact) mass is 394 g/mol. The van der Waals surface area contributed by atoms with Crippen molar-refractivity contribution in [1.82, 2.24) is 9.88 Å². The highest BCUT2D eigenvalue weighted by molar-refractivity contribution is 8.00. The molecule has 3 aromatic rings. The molecule has 0 saturated carbocycles. The predicted octanol–water partition coefficient (Wildman–Crippen LogP) is 5.06. The number of ether oxygens (including phenoxy) is 1. The number of aromatic amines is 1. The second-order valence-corrected chi connectivity index (χ2v) is 8.74. The van der Waals surface area contributed by atoms with Crippen LogP contribution < -0.4 is 4.74 Å². The van der Waals surface area contributed by atoms with Gasteiger partial charge in [0.1, 0.15) is 5.75 Å². The van der Waals surface area contributed by atoms with Crippen LogP contribution in [0.5, 0.6) is 5.75 Å². The lowest BCUT2D eigenvalue weighted by atomic mass is 9.89. The summed E-state index contributed by atoms with van der Waals surface area (Å²) in [5.74, 6) is 1.60. The summed E-state index contributed by atoms with van der Waals surface area (Å²) < 4.78 is 5.39. The number of thioether (sulfide) groups is 1. The molecule has 1 aliphatic rings. The van der Waals surface area contributed by atoms with Crippen LogP contribution in [0.4, 0.5) is 0 Å². The van der Waals surface area contributed by atoms with E-state index in [2.05, 4.69) is 35.4 Å². The van der Waals surface area contributed by atoms with Gasteiger partial charge in [-0.1, -0.05) is 18.2 Å². The van der Waals surface area contributed by atoms with Crippen LogP contribution in [0.3, 0.4) is 0 Å². The van der Waals surface area contributed by atoms with Crippen molar-refractivity contribution in [3.05, 3.63) is 60.3 Å². The van der Waals surface area contributed by atoms with Gasteiger partial charge in [0.05, 0.1) is 12.4 Å². The van der Waals surface area contributed by atoms with Gasteiger partial charge in [0.25, 0.3) is 0 Å². The summed E-state index contributed by atoms with van der Waals surface area (Å²) in [4.78, 5) is 19.4. The van der Waals surface area contributed by atoms with E-state index in [0.717, 1.165) is 42.1 Å². The lowest BCUT2D eigenvalue weighted by Gasteiger charge is -2.33. The van der Waals surface area contributed by atoms with Crippen LogP contribution in [-0.2, 0) is 4.79 Å². The molecule has 146 valence electrons. The molecule has 1 aliphatic heterocycles. The van der Waals surface area contributed by atoms with Gasteiger partial charge in [-0.25, -0.2) is 0 Å². The number of nitrogens with one attached hydrogen (secondary N) is 1. The molecule has 1 fully saturated rings. The van der Waals surface area contributed by atoms with E-state index in [9.17, 15) is 4.79 Å². The normalized spacial score (nSPS) is 16.3. The van der Waals surface area contributed by atoms with Crippen molar-refractivity contribution in [3.8, 4) is 5.75 Å². The molecule has 0 radical (unpaired) electrons. The van der Waals surface area contributed by atoms with Gasteiger partial charge in [0, 0.05) is 35.1 Å². The molecule has 1 amide bonds. The zero-order chi connectivity index (χ0) is 19.5. The number of methoxy groups -OCH3 is 1. The molecule has 2 aromatic carbocycles. The Morgan fingerprint density at radius 3 is 2.64 bits per heavy atom. The van der Waals surface area contributed by atoms with Crippen molar-refractivity contribution >= 4 is 28.6 Å². The van der Waals surface area contributed by atoms with Gasteiger partial charge < -0.3 is 14.6 Å². The zero-order valence-corrected chi connectivity index (χ0v) is 17.2. The van der Waals surface area contributed by atoms with Crippen LogP contribution in [0.1, 0.15) is 31.2 Å². The van der Waals surface area contributed by atoms with Crippen molar-refractivity contribution < 1.29 is 9.53 Å². The molecule has 0 bridgehead atoms. The minimum atomic E-state index is -0.0590. The molecular formula is C23H26N2O2S. The number of hydrogen-bond acceptors (Lipinski definition) is 3. The van der Waals surface area contributed by atoms with E-state index in [1.54, 1.807) is 18.9 Å². The molecule has 2 heterocycles. The topological polar surface area (TPSA) is 45.3 Å². The third-order valence-corrected chi connectivity index (χ3v) is 6.67. The summed E-state index contributed by atoms with van der Waals surface area (Å²) in [6, 6.07) is 16.3. The number of amides is 1. The first kappa shape index (κ1) is 18.9. The third-order valence-electron chi connectivity index (χ3n) is 5.57. The van der Waals surface area contributed by atoms with Gasteiger partial charge in [0.15, 0.2) is 0 Å². The number of fused-ring (bicyclic) bond motifs is 1. The lowest BCUT2D eigenvalue weighted by Crippen LogP contribution is -2.41.